The van der Waals surface area contributed by atoms with Gasteiger partial charge in [0.25, 0.3) is 0 Å². The molecule has 3 N–H and O–H groups in total. The SMILES string of the molecule is Cc1cc(C)c(C)c(N(C)CNN)c1C. The summed E-state index contributed by atoms with van der Waals surface area (Å²) in [6.45, 7) is 9.27. The molecule has 0 heterocycles. The predicted octanol–water partition coefficient (Wildman–Crippen LogP) is 1.78. The van der Waals surface area contributed by atoms with E-state index < -0.39 is 0 Å². The molecule has 1 rings (SSSR count). The highest BCUT2D eigenvalue weighted by molar-refractivity contribution is 5.63. The van der Waals surface area contributed by atoms with Gasteiger partial charge < -0.3 is 4.90 Å². The van der Waals surface area contributed by atoms with E-state index in [-0.39, 0.29) is 0 Å². The summed E-state index contributed by atoms with van der Waals surface area (Å²) in [5.74, 6) is 5.35. The number of benzene rings is 1. The van der Waals surface area contributed by atoms with Crippen LogP contribution in [0.3, 0.4) is 0 Å². The average Bonchev–Trinajstić information content (AvgIpc) is 2.16. The maximum atomic E-state index is 5.35. The molecule has 0 spiro atoms. The molecule has 1 aromatic carbocycles. The number of nitrogens with one attached hydrogen (secondary N) is 1. The summed E-state index contributed by atoms with van der Waals surface area (Å²) in [5.41, 5.74) is 9.29. The molecular weight excluding hydrogens is 186 g/mol. The predicted molar refractivity (Wildman–Crippen MR) is 66.0 cm³/mol. The lowest BCUT2D eigenvalue weighted by molar-refractivity contribution is 0.714. The smallest absolute Gasteiger partial charge is 0.0805 e. The molecule has 84 valence electrons. The first-order chi connectivity index (χ1) is 6.99. The first-order valence-corrected chi connectivity index (χ1v) is 5.21. The zero-order valence-corrected chi connectivity index (χ0v) is 10.3. The van der Waals surface area contributed by atoms with Crippen molar-refractivity contribution >= 4 is 5.69 Å². The Hall–Kier alpha value is -1.06. The fourth-order valence-electron chi connectivity index (χ4n) is 1.98. The van der Waals surface area contributed by atoms with E-state index in [0.29, 0.717) is 6.67 Å². The van der Waals surface area contributed by atoms with Gasteiger partial charge in [-0.15, -0.1) is 0 Å². The molecule has 3 heteroatoms. The van der Waals surface area contributed by atoms with Gasteiger partial charge >= 0.3 is 0 Å². The minimum Gasteiger partial charge on any atom is -0.360 e. The molecule has 0 bridgehead atoms. The van der Waals surface area contributed by atoms with E-state index >= 15 is 0 Å². The van der Waals surface area contributed by atoms with Crippen molar-refractivity contribution in [3.8, 4) is 0 Å². The van der Waals surface area contributed by atoms with E-state index in [1.165, 1.54) is 27.9 Å². The van der Waals surface area contributed by atoms with Gasteiger partial charge in [-0.1, -0.05) is 6.07 Å². The number of hydrogen-bond donors (Lipinski definition) is 2. The number of nitrogens with zero attached hydrogens (tertiary/aromatic N) is 1. The second-order valence-corrected chi connectivity index (χ2v) is 4.17. The Balaban J connectivity index is 3.26. The van der Waals surface area contributed by atoms with E-state index in [2.05, 4.69) is 44.1 Å². The normalized spacial score (nSPS) is 10.5. The second-order valence-electron chi connectivity index (χ2n) is 4.17. The van der Waals surface area contributed by atoms with Crippen LogP contribution in [0.1, 0.15) is 22.3 Å². The largest absolute Gasteiger partial charge is 0.360 e. The van der Waals surface area contributed by atoms with Gasteiger partial charge in [0.15, 0.2) is 0 Å². The van der Waals surface area contributed by atoms with E-state index in [0.717, 1.165) is 0 Å². The highest BCUT2D eigenvalue weighted by atomic mass is 15.3. The number of hydrazine groups is 1. The van der Waals surface area contributed by atoms with Crippen molar-refractivity contribution < 1.29 is 0 Å². The van der Waals surface area contributed by atoms with Gasteiger partial charge in [0.05, 0.1) is 6.67 Å². The standard InChI is InChI=1S/C12H21N3/c1-8-6-9(2)11(4)12(10(8)3)15(5)7-14-13/h6,14H,7,13H2,1-5H3. The third kappa shape index (κ3) is 2.30. The van der Waals surface area contributed by atoms with Gasteiger partial charge in [0, 0.05) is 12.7 Å². The van der Waals surface area contributed by atoms with E-state index in [4.69, 9.17) is 5.84 Å². The maximum Gasteiger partial charge on any atom is 0.0805 e. The summed E-state index contributed by atoms with van der Waals surface area (Å²) in [7, 11) is 2.05. The maximum absolute atomic E-state index is 5.35. The molecule has 0 amide bonds. The Morgan fingerprint density at radius 2 is 1.60 bits per heavy atom. The van der Waals surface area contributed by atoms with Crippen LogP contribution in [0.15, 0.2) is 6.07 Å². The lowest BCUT2D eigenvalue weighted by Gasteiger charge is -2.25. The Labute approximate surface area is 92.2 Å². The Morgan fingerprint density at radius 3 is 2.00 bits per heavy atom. The molecule has 0 unspecified atom stereocenters. The van der Waals surface area contributed by atoms with Gasteiger partial charge in [0.2, 0.25) is 0 Å². The number of aryl methyl sites for hydroxylation is 2. The molecule has 0 aromatic heterocycles. The van der Waals surface area contributed by atoms with Crippen LogP contribution in [0.4, 0.5) is 5.69 Å². The minimum atomic E-state index is 0.657. The number of nitrogens with two attached hydrogens (primary N) is 1. The fourth-order valence-corrected chi connectivity index (χ4v) is 1.98. The van der Waals surface area contributed by atoms with Gasteiger partial charge in [-0.3, -0.25) is 5.84 Å². The molecule has 0 aliphatic carbocycles. The van der Waals surface area contributed by atoms with Gasteiger partial charge in [-0.25, -0.2) is 5.43 Å². The van der Waals surface area contributed by atoms with Crippen molar-refractivity contribution in [2.75, 3.05) is 18.6 Å². The molecule has 0 aliphatic rings. The van der Waals surface area contributed by atoms with Crippen LogP contribution in [0.5, 0.6) is 0 Å². The molecule has 15 heavy (non-hydrogen) atoms. The Bertz CT molecular complexity index is 332. The van der Waals surface area contributed by atoms with Crippen molar-refractivity contribution in [1.82, 2.24) is 5.43 Å². The van der Waals surface area contributed by atoms with Crippen LogP contribution in [-0.2, 0) is 0 Å². The van der Waals surface area contributed by atoms with Gasteiger partial charge in [0.1, 0.15) is 0 Å². The molecule has 0 aliphatic heterocycles. The van der Waals surface area contributed by atoms with Crippen LogP contribution in [0.2, 0.25) is 0 Å². The van der Waals surface area contributed by atoms with Crippen LogP contribution in [0.25, 0.3) is 0 Å². The van der Waals surface area contributed by atoms with Crippen molar-refractivity contribution in [3.63, 3.8) is 0 Å². The molecule has 0 radical (unpaired) electrons. The van der Waals surface area contributed by atoms with E-state index in [1.54, 1.807) is 0 Å². The molecule has 0 fully saturated rings. The first-order valence-electron chi connectivity index (χ1n) is 5.21. The molecule has 1 aromatic rings. The zero-order chi connectivity index (χ0) is 11.6. The summed E-state index contributed by atoms with van der Waals surface area (Å²) >= 11 is 0. The summed E-state index contributed by atoms with van der Waals surface area (Å²) in [4.78, 5) is 2.14. The Kier molecular flexibility index (Phi) is 3.72. The second kappa shape index (κ2) is 4.64. The third-order valence-electron chi connectivity index (χ3n) is 3.04. The van der Waals surface area contributed by atoms with Gasteiger partial charge in [-0.05, 0) is 49.9 Å². The lowest BCUT2D eigenvalue weighted by Crippen LogP contribution is -2.36. The lowest BCUT2D eigenvalue weighted by atomic mass is 9.98. The molecule has 0 saturated heterocycles. The Morgan fingerprint density at radius 1 is 1.13 bits per heavy atom. The van der Waals surface area contributed by atoms with E-state index in [9.17, 15) is 0 Å². The quantitative estimate of drug-likeness (QED) is 0.451. The highest BCUT2D eigenvalue weighted by Crippen LogP contribution is 2.28. The monoisotopic (exact) mass is 207 g/mol. The highest BCUT2D eigenvalue weighted by Gasteiger charge is 2.11. The number of anilines is 1. The minimum absolute atomic E-state index is 0.657. The van der Waals surface area contributed by atoms with Crippen LogP contribution in [-0.4, -0.2) is 13.7 Å². The summed E-state index contributed by atoms with van der Waals surface area (Å²) in [6, 6.07) is 2.23. The molecule has 3 nitrogen and oxygen atoms in total. The van der Waals surface area contributed by atoms with Crippen LogP contribution >= 0.6 is 0 Å². The van der Waals surface area contributed by atoms with Crippen molar-refractivity contribution in [1.29, 1.82) is 0 Å². The average molecular weight is 207 g/mol. The number of hydrogen-bond acceptors (Lipinski definition) is 3. The summed E-state index contributed by atoms with van der Waals surface area (Å²) in [6.07, 6.45) is 0. The first kappa shape index (κ1) is 12.0. The summed E-state index contributed by atoms with van der Waals surface area (Å²) in [5, 5.41) is 0. The van der Waals surface area contributed by atoms with Crippen LogP contribution in [0, 0.1) is 27.7 Å². The number of rotatable bonds is 3. The molecular formula is C12H21N3. The van der Waals surface area contributed by atoms with Crippen molar-refractivity contribution in [2.45, 2.75) is 27.7 Å². The van der Waals surface area contributed by atoms with Gasteiger partial charge in [-0.2, -0.15) is 0 Å². The molecule has 0 saturated carbocycles. The topological polar surface area (TPSA) is 41.3 Å². The van der Waals surface area contributed by atoms with E-state index in [1.807, 2.05) is 7.05 Å². The van der Waals surface area contributed by atoms with Crippen molar-refractivity contribution in [2.24, 2.45) is 5.84 Å². The zero-order valence-electron chi connectivity index (χ0n) is 10.3. The fraction of sp³-hybridized carbons (Fsp3) is 0.500. The third-order valence-corrected chi connectivity index (χ3v) is 3.04. The molecule has 0 atom stereocenters. The van der Waals surface area contributed by atoms with Crippen LogP contribution < -0.4 is 16.2 Å². The van der Waals surface area contributed by atoms with Crippen molar-refractivity contribution in [3.05, 3.63) is 28.3 Å². The summed E-state index contributed by atoms with van der Waals surface area (Å²) < 4.78 is 0.